The van der Waals surface area contributed by atoms with Crippen molar-refractivity contribution in [2.45, 2.75) is 90.6 Å². The van der Waals surface area contributed by atoms with Gasteiger partial charge in [-0.15, -0.1) is 0 Å². The number of amides is 3. The van der Waals surface area contributed by atoms with Crippen LogP contribution in [0.25, 0.3) is 0 Å². The normalized spacial score (nSPS) is 21.8. The fourth-order valence-electron chi connectivity index (χ4n) is 3.44. The molecular formula is C21H38N4O6. The summed E-state index contributed by atoms with van der Waals surface area (Å²) in [6.07, 6.45) is 1.48. The van der Waals surface area contributed by atoms with Crippen LogP contribution in [0, 0.1) is 11.8 Å². The SMILES string of the molecule is CCC(C)C(NC(=O)C1CCCN1)C(=O)NC(C(=O)NC(C(=O)O)C(C)O)C(C)CC. The van der Waals surface area contributed by atoms with Crippen LogP contribution in [-0.2, 0) is 19.2 Å². The highest BCUT2D eigenvalue weighted by atomic mass is 16.4. The number of carboxylic acids is 1. The zero-order valence-corrected chi connectivity index (χ0v) is 19.1. The van der Waals surface area contributed by atoms with E-state index in [1.54, 1.807) is 6.92 Å². The van der Waals surface area contributed by atoms with Gasteiger partial charge in [0.2, 0.25) is 17.7 Å². The van der Waals surface area contributed by atoms with Gasteiger partial charge in [0.15, 0.2) is 6.04 Å². The van der Waals surface area contributed by atoms with Crippen molar-refractivity contribution < 1.29 is 29.4 Å². The third kappa shape index (κ3) is 7.77. The molecule has 0 aliphatic carbocycles. The lowest BCUT2D eigenvalue weighted by atomic mass is 9.94. The van der Waals surface area contributed by atoms with Crippen molar-refractivity contribution in [1.82, 2.24) is 21.3 Å². The van der Waals surface area contributed by atoms with E-state index in [-0.39, 0.29) is 23.8 Å². The molecule has 0 aromatic carbocycles. The smallest absolute Gasteiger partial charge is 0.328 e. The first-order chi connectivity index (χ1) is 14.5. The second-order valence-corrected chi connectivity index (χ2v) is 8.46. The number of hydrogen-bond donors (Lipinski definition) is 6. The molecule has 0 bridgehead atoms. The summed E-state index contributed by atoms with van der Waals surface area (Å²) in [6, 6.07) is -3.66. The van der Waals surface area contributed by atoms with Gasteiger partial charge in [0.25, 0.3) is 0 Å². The number of carbonyl (C=O) groups excluding carboxylic acids is 3. The molecule has 10 nitrogen and oxygen atoms in total. The topological polar surface area (TPSA) is 157 Å². The Morgan fingerprint density at radius 3 is 1.77 bits per heavy atom. The third-order valence-corrected chi connectivity index (χ3v) is 6.01. The molecule has 1 rings (SSSR count). The second kappa shape index (κ2) is 12.6. The first-order valence-electron chi connectivity index (χ1n) is 11.1. The van der Waals surface area contributed by atoms with Gasteiger partial charge in [-0.3, -0.25) is 14.4 Å². The maximum atomic E-state index is 13.1. The van der Waals surface area contributed by atoms with Gasteiger partial charge >= 0.3 is 5.97 Å². The highest BCUT2D eigenvalue weighted by Gasteiger charge is 2.35. The van der Waals surface area contributed by atoms with E-state index >= 15 is 0 Å². The molecular weight excluding hydrogens is 404 g/mol. The Morgan fingerprint density at radius 2 is 1.39 bits per heavy atom. The lowest BCUT2D eigenvalue weighted by molar-refractivity contribution is -0.145. The van der Waals surface area contributed by atoms with E-state index in [1.807, 2.05) is 20.8 Å². The van der Waals surface area contributed by atoms with Crippen molar-refractivity contribution in [3.63, 3.8) is 0 Å². The number of aliphatic carboxylic acids is 1. The largest absolute Gasteiger partial charge is 0.480 e. The van der Waals surface area contributed by atoms with Crippen molar-refractivity contribution in [1.29, 1.82) is 0 Å². The van der Waals surface area contributed by atoms with E-state index in [0.717, 1.165) is 13.0 Å². The highest BCUT2D eigenvalue weighted by molar-refractivity contribution is 5.94. The molecule has 7 unspecified atom stereocenters. The highest BCUT2D eigenvalue weighted by Crippen LogP contribution is 2.14. The van der Waals surface area contributed by atoms with Crippen molar-refractivity contribution in [3.05, 3.63) is 0 Å². The number of rotatable bonds is 12. The van der Waals surface area contributed by atoms with Crippen LogP contribution in [0.2, 0.25) is 0 Å². The van der Waals surface area contributed by atoms with Crippen LogP contribution in [0.15, 0.2) is 0 Å². The van der Waals surface area contributed by atoms with Gasteiger partial charge in [0.1, 0.15) is 12.1 Å². The monoisotopic (exact) mass is 442 g/mol. The van der Waals surface area contributed by atoms with Crippen LogP contribution in [0.5, 0.6) is 0 Å². The minimum Gasteiger partial charge on any atom is -0.480 e. The van der Waals surface area contributed by atoms with Gasteiger partial charge in [-0.25, -0.2) is 4.79 Å². The second-order valence-electron chi connectivity index (χ2n) is 8.46. The molecule has 1 fully saturated rings. The van der Waals surface area contributed by atoms with E-state index in [4.69, 9.17) is 0 Å². The molecule has 0 radical (unpaired) electrons. The first-order valence-corrected chi connectivity index (χ1v) is 11.1. The lowest BCUT2D eigenvalue weighted by Gasteiger charge is -2.30. The van der Waals surface area contributed by atoms with Crippen molar-refractivity contribution in [2.75, 3.05) is 6.54 Å². The van der Waals surface area contributed by atoms with Gasteiger partial charge in [-0.2, -0.15) is 0 Å². The fraction of sp³-hybridized carbons (Fsp3) is 0.810. The quantitative estimate of drug-likeness (QED) is 0.243. The van der Waals surface area contributed by atoms with Crippen molar-refractivity contribution in [3.8, 4) is 0 Å². The average molecular weight is 443 g/mol. The minimum atomic E-state index is -1.49. The Labute approximate surface area is 183 Å². The summed E-state index contributed by atoms with van der Waals surface area (Å²) in [4.78, 5) is 49.8. The number of nitrogens with one attached hydrogen (secondary N) is 4. The lowest BCUT2D eigenvalue weighted by Crippen LogP contribution is -2.60. The molecule has 0 spiro atoms. The molecule has 0 aromatic heterocycles. The van der Waals surface area contributed by atoms with Gasteiger partial charge in [0.05, 0.1) is 12.1 Å². The van der Waals surface area contributed by atoms with Crippen molar-refractivity contribution in [2.24, 2.45) is 11.8 Å². The van der Waals surface area contributed by atoms with Crippen LogP contribution in [0.4, 0.5) is 0 Å². The Balaban J connectivity index is 2.98. The van der Waals surface area contributed by atoms with E-state index in [2.05, 4.69) is 21.3 Å². The standard InChI is InChI=1S/C21H38N4O6/c1-6-11(3)15(23-18(27)14-9-8-10-22-14)19(28)24-16(12(4)7-2)20(29)25-17(13(5)26)21(30)31/h11-17,22,26H,6-10H2,1-5H3,(H,23,27)(H,24,28)(H,25,29)(H,30,31). The third-order valence-electron chi connectivity index (χ3n) is 6.01. The number of aliphatic hydroxyl groups excluding tert-OH is 1. The van der Waals surface area contributed by atoms with Crippen molar-refractivity contribution >= 4 is 23.7 Å². The van der Waals surface area contributed by atoms with Gasteiger partial charge < -0.3 is 31.5 Å². The number of carbonyl (C=O) groups is 4. The Morgan fingerprint density at radius 1 is 0.903 bits per heavy atom. The zero-order chi connectivity index (χ0) is 23.7. The summed E-state index contributed by atoms with van der Waals surface area (Å²) in [6.45, 7) is 9.38. The molecule has 6 N–H and O–H groups in total. The summed E-state index contributed by atoms with van der Waals surface area (Å²) in [5.74, 6) is -3.27. The minimum absolute atomic E-state index is 0.171. The summed E-state index contributed by atoms with van der Waals surface area (Å²) in [5, 5.41) is 29.8. The summed E-state index contributed by atoms with van der Waals surface area (Å²) in [5.41, 5.74) is 0. The van der Waals surface area contributed by atoms with E-state index in [1.165, 1.54) is 6.92 Å². The molecule has 3 amide bonds. The van der Waals surface area contributed by atoms with Crippen LogP contribution >= 0.6 is 0 Å². The fourth-order valence-corrected chi connectivity index (χ4v) is 3.44. The summed E-state index contributed by atoms with van der Waals surface area (Å²) in [7, 11) is 0. The first kappa shape index (κ1) is 26.8. The van der Waals surface area contributed by atoms with E-state index in [9.17, 15) is 29.4 Å². The summed E-state index contributed by atoms with van der Waals surface area (Å²) < 4.78 is 0. The van der Waals surface area contributed by atoms with Crippen LogP contribution < -0.4 is 21.3 Å². The number of hydrogen-bond acceptors (Lipinski definition) is 6. The number of carboxylic acid groups (broad SMARTS) is 1. The molecule has 1 aliphatic rings. The predicted octanol–water partition coefficient (Wildman–Crippen LogP) is -0.250. The van der Waals surface area contributed by atoms with Crippen LogP contribution in [0.3, 0.4) is 0 Å². The summed E-state index contributed by atoms with van der Waals surface area (Å²) >= 11 is 0. The maximum Gasteiger partial charge on any atom is 0.328 e. The predicted molar refractivity (Wildman–Crippen MR) is 115 cm³/mol. The number of aliphatic hydroxyl groups is 1. The molecule has 1 saturated heterocycles. The molecule has 7 atom stereocenters. The van der Waals surface area contributed by atoms with Crippen LogP contribution in [0.1, 0.15) is 60.3 Å². The van der Waals surface area contributed by atoms with Gasteiger partial charge in [0, 0.05) is 0 Å². The maximum absolute atomic E-state index is 13.1. The molecule has 0 saturated carbocycles. The zero-order valence-electron chi connectivity index (χ0n) is 19.1. The Kier molecular flexibility index (Phi) is 10.9. The van der Waals surface area contributed by atoms with Gasteiger partial charge in [-0.05, 0) is 38.1 Å². The molecule has 10 heteroatoms. The Bertz CT molecular complexity index is 635. The molecule has 1 aliphatic heterocycles. The molecule has 1 heterocycles. The van der Waals surface area contributed by atoms with Crippen LogP contribution in [-0.4, -0.2) is 70.7 Å². The molecule has 31 heavy (non-hydrogen) atoms. The van der Waals surface area contributed by atoms with E-state index in [0.29, 0.717) is 19.3 Å². The van der Waals surface area contributed by atoms with E-state index < -0.39 is 42.0 Å². The molecule has 178 valence electrons. The Hall–Kier alpha value is -2.20. The molecule has 0 aromatic rings. The van der Waals surface area contributed by atoms with Gasteiger partial charge in [-0.1, -0.05) is 40.5 Å². The average Bonchev–Trinajstić information content (AvgIpc) is 3.26.